The molecule has 1 fully saturated rings. The Bertz CT molecular complexity index is 779. The number of halogens is 1. The van der Waals surface area contributed by atoms with Gasteiger partial charge in [-0.05, 0) is 30.5 Å². The second kappa shape index (κ2) is 8.78. The molecule has 1 aromatic carbocycles. The minimum atomic E-state index is -1.00. The van der Waals surface area contributed by atoms with Crippen molar-refractivity contribution in [3.63, 3.8) is 0 Å². The SMILES string of the molecule is O=C(O)/C=C/c1cnc(N[C@@H]2CCN(CCc3ccccc3Cl)C2)cn1. The molecule has 0 spiro atoms. The van der Waals surface area contributed by atoms with Crippen molar-refractivity contribution in [1.29, 1.82) is 0 Å². The number of aliphatic carboxylic acids is 1. The van der Waals surface area contributed by atoms with Crippen LogP contribution in [0.3, 0.4) is 0 Å². The van der Waals surface area contributed by atoms with Crippen LogP contribution in [0.4, 0.5) is 5.82 Å². The lowest BCUT2D eigenvalue weighted by Crippen LogP contribution is -2.28. The Morgan fingerprint density at radius 2 is 2.19 bits per heavy atom. The number of carboxylic acid groups (broad SMARTS) is 1. The number of carboxylic acids is 1. The fraction of sp³-hybridized carbons (Fsp3) is 0.316. The van der Waals surface area contributed by atoms with Gasteiger partial charge in [-0.3, -0.25) is 4.98 Å². The zero-order valence-corrected chi connectivity index (χ0v) is 15.1. The highest BCUT2D eigenvalue weighted by Crippen LogP contribution is 2.18. The molecule has 3 rings (SSSR count). The number of aromatic nitrogens is 2. The largest absolute Gasteiger partial charge is 0.478 e. The molecule has 0 amide bonds. The van der Waals surface area contributed by atoms with E-state index in [0.717, 1.165) is 43.6 Å². The van der Waals surface area contributed by atoms with E-state index in [-0.39, 0.29) is 0 Å². The number of anilines is 1. The molecule has 2 aromatic rings. The fourth-order valence-corrected chi connectivity index (χ4v) is 3.23. The van der Waals surface area contributed by atoms with Crippen molar-refractivity contribution in [3.8, 4) is 0 Å². The van der Waals surface area contributed by atoms with Crippen LogP contribution in [-0.2, 0) is 11.2 Å². The van der Waals surface area contributed by atoms with E-state index in [1.165, 1.54) is 11.6 Å². The number of carbonyl (C=O) groups is 1. The first-order valence-corrected chi connectivity index (χ1v) is 8.93. The molecule has 1 aliphatic heterocycles. The molecule has 1 atom stereocenters. The third-order valence-electron chi connectivity index (χ3n) is 4.35. The van der Waals surface area contributed by atoms with E-state index in [1.54, 1.807) is 12.4 Å². The minimum Gasteiger partial charge on any atom is -0.478 e. The monoisotopic (exact) mass is 372 g/mol. The lowest BCUT2D eigenvalue weighted by molar-refractivity contribution is -0.131. The third kappa shape index (κ3) is 5.28. The molecule has 0 radical (unpaired) electrons. The van der Waals surface area contributed by atoms with Crippen LogP contribution >= 0.6 is 11.6 Å². The van der Waals surface area contributed by atoms with Gasteiger partial charge in [0, 0.05) is 36.8 Å². The van der Waals surface area contributed by atoms with Gasteiger partial charge in [-0.25, -0.2) is 9.78 Å². The first-order chi connectivity index (χ1) is 12.6. The van der Waals surface area contributed by atoms with Gasteiger partial charge in [-0.15, -0.1) is 0 Å². The van der Waals surface area contributed by atoms with Gasteiger partial charge in [0.05, 0.1) is 18.1 Å². The summed E-state index contributed by atoms with van der Waals surface area (Å²) in [5.41, 5.74) is 1.70. The van der Waals surface area contributed by atoms with Gasteiger partial charge >= 0.3 is 5.97 Å². The molecule has 0 bridgehead atoms. The minimum absolute atomic E-state index is 0.330. The zero-order valence-electron chi connectivity index (χ0n) is 14.3. The number of hydrogen-bond donors (Lipinski definition) is 2. The Hall–Kier alpha value is -2.44. The van der Waals surface area contributed by atoms with Gasteiger partial charge in [-0.1, -0.05) is 29.8 Å². The van der Waals surface area contributed by atoms with E-state index in [2.05, 4.69) is 26.3 Å². The molecular formula is C19H21ClN4O2. The molecule has 1 aliphatic rings. The normalized spacial score (nSPS) is 17.7. The van der Waals surface area contributed by atoms with Crippen molar-refractivity contribution in [2.24, 2.45) is 0 Å². The lowest BCUT2D eigenvalue weighted by atomic mass is 10.1. The summed E-state index contributed by atoms with van der Waals surface area (Å²) in [6, 6.07) is 8.30. The predicted molar refractivity (Wildman–Crippen MR) is 102 cm³/mol. The Labute approximate surface area is 157 Å². The van der Waals surface area contributed by atoms with Crippen LogP contribution < -0.4 is 5.32 Å². The number of nitrogens with zero attached hydrogens (tertiary/aromatic N) is 3. The summed E-state index contributed by atoms with van der Waals surface area (Å²) in [4.78, 5) is 21.4. The van der Waals surface area contributed by atoms with E-state index in [9.17, 15) is 4.79 Å². The van der Waals surface area contributed by atoms with Gasteiger partial charge in [0.15, 0.2) is 0 Å². The Morgan fingerprint density at radius 3 is 2.92 bits per heavy atom. The second-order valence-electron chi connectivity index (χ2n) is 6.27. The topological polar surface area (TPSA) is 78.3 Å². The Kier molecular flexibility index (Phi) is 6.20. The van der Waals surface area contributed by atoms with Crippen LogP contribution in [0.5, 0.6) is 0 Å². The van der Waals surface area contributed by atoms with Gasteiger partial charge in [0.2, 0.25) is 0 Å². The maximum atomic E-state index is 10.5. The summed E-state index contributed by atoms with van der Waals surface area (Å²) < 4.78 is 0. The predicted octanol–water partition coefficient (Wildman–Crippen LogP) is 2.96. The summed E-state index contributed by atoms with van der Waals surface area (Å²) in [6.07, 6.45) is 7.65. The molecule has 1 aromatic heterocycles. The van der Waals surface area contributed by atoms with Crippen LogP contribution in [0.1, 0.15) is 17.7 Å². The Balaban J connectivity index is 1.47. The summed E-state index contributed by atoms with van der Waals surface area (Å²) in [5.74, 6) is -0.299. The summed E-state index contributed by atoms with van der Waals surface area (Å²) in [5, 5.41) is 12.8. The van der Waals surface area contributed by atoms with Crippen molar-refractivity contribution in [3.05, 3.63) is 59.0 Å². The van der Waals surface area contributed by atoms with Crippen molar-refractivity contribution in [1.82, 2.24) is 14.9 Å². The summed E-state index contributed by atoms with van der Waals surface area (Å²) in [6.45, 7) is 2.97. The molecular weight excluding hydrogens is 352 g/mol. The number of benzene rings is 1. The van der Waals surface area contributed by atoms with Crippen molar-refractivity contribution in [2.75, 3.05) is 25.0 Å². The number of likely N-dealkylation sites (tertiary alicyclic amines) is 1. The molecule has 2 heterocycles. The van der Waals surface area contributed by atoms with Crippen LogP contribution in [0.25, 0.3) is 6.08 Å². The fourth-order valence-electron chi connectivity index (χ4n) is 3.00. The third-order valence-corrected chi connectivity index (χ3v) is 4.72. The van der Waals surface area contributed by atoms with Crippen molar-refractivity contribution >= 4 is 29.5 Å². The average molecular weight is 373 g/mol. The first kappa shape index (κ1) is 18.4. The summed E-state index contributed by atoms with van der Waals surface area (Å²) in [7, 11) is 0. The maximum absolute atomic E-state index is 10.5. The quantitative estimate of drug-likeness (QED) is 0.727. The van der Waals surface area contributed by atoms with Crippen LogP contribution in [0, 0.1) is 0 Å². The van der Waals surface area contributed by atoms with E-state index < -0.39 is 5.97 Å². The van der Waals surface area contributed by atoms with Gasteiger partial charge < -0.3 is 15.3 Å². The maximum Gasteiger partial charge on any atom is 0.328 e. The molecule has 0 aliphatic carbocycles. The molecule has 2 N–H and O–H groups in total. The smallest absolute Gasteiger partial charge is 0.328 e. The lowest BCUT2D eigenvalue weighted by Gasteiger charge is -2.17. The highest BCUT2D eigenvalue weighted by Gasteiger charge is 2.22. The zero-order chi connectivity index (χ0) is 18.4. The molecule has 0 unspecified atom stereocenters. The van der Waals surface area contributed by atoms with Gasteiger partial charge in [0.25, 0.3) is 0 Å². The standard InChI is InChI=1S/C19H21ClN4O2/c20-17-4-2-1-3-14(17)7-9-24-10-8-16(13-24)23-18-12-21-15(11-22-18)5-6-19(25)26/h1-6,11-12,16H,7-10,13H2,(H,22,23)(H,25,26)/b6-5+/t16-/m1/s1. The van der Waals surface area contributed by atoms with E-state index >= 15 is 0 Å². The molecule has 26 heavy (non-hydrogen) atoms. The molecule has 1 saturated heterocycles. The number of nitrogens with one attached hydrogen (secondary N) is 1. The highest BCUT2D eigenvalue weighted by atomic mass is 35.5. The van der Waals surface area contributed by atoms with Gasteiger partial charge in [0.1, 0.15) is 5.82 Å². The average Bonchev–Trinajstić information content (AvgIpc) is 3.08. The molecule has 0 saturated carbocycles. The van der Waals surface area contributed by atoms with Crippen molar-refractivity contribution in [2.45, 2.75) is 18.9 Å². The van der Waals surface area contributed by atoms with Gasteiger partial charge in [-0.2, -0.15) is 0 Å². The molecule has 7 heteroatoms. The highest BCUT2D eigenvalue weighted by molar-refractivity contribution is 6.31. The van der Waals surface area contributed by atoms with Crippen LogP contribution in [0.2, 0.25) is 5.02 Å². The number of hydrogen-bond acceptors (Lipinski definition) is 5. The van der Waals surface area contributed by atoms with Crippen LogP contribution in [-0.4, -0.2) is 51.6 Å². The summed E-state index contributed by atoms with van der Waals surface area (Å²) >= 11 is 6.21. The van der Waals surface area contributed by atoms with Crippen molar-refractivity contribution < 1.29 is 9.90 Å². The molecule has 136 valence electrons. The van der Waals surface area contributed by atoms with E-state index in [4.69, 9.17) is 16.7 Å². The first-order valence-electron chi connectivity index (χ1n) is 8.55. The molecule has 6 nitrogen and oxygen atoms in total. The van der Waals surface area contributed by atoms with E-state index in [0.29, 0.717) is 17.6 Å². The number of rotatable bonds is 7. The Morgan fingerprint density at radius 1 is 1.35 bits per heavy atom. The second-order valence-corrected chi connectivity index (χ2v) is 6.68. The van der Waals surface area contributed by atoms with Crippen LogP contribution in [0.15, 0.2) is 42.7 Å². The van der Waals surface area contributed by atoms with E-state index in [1.807, 2.05) is 18.2 Å².